The number of aromatic nitrogens is 2. The second kappa shape index (κ2) is 5.66. The highest BCUT2D eigenvalue weighted by molar-refractivity contribution is 14.2. The minimum absolute atomic E-state index is 0.320. The van der Waals surface area contributed by atoms with Gasteiger partial charge in [0.15, 0.2) is 5.82 Å². The minimum atomic E-state index is 0.320. The van der Waals surface area contributed by atoms with Crippen molar-refractivity contribution in [3.05, 3.63) is 11.9 Å². The largest absolute Gasteiger partial charge is 0.355 e. The first-order chi connectivity index (χ1) is 9.22. The molecule has 3 rings (SSSR count). The molecule has 5 nitrogen and oxygen atoms in total. The Balaban J connectivity index is 1.93. The summed E-state index contributed by atoms with van der Waals surface area (Å²) in [4.78, 5) is 11.9. The first-order valence-corrected chi connectivity index (χ1v) is 10.8. The Labute approximate surface area is 129 Å². The van der Waals surface area contributed by atoms with E-state index in [1.54, 1.807) is 0 Å². The summed E-state index contributed by atoms with van der Waals surface area (Å²) >= 11 is 2.41. The molecule has 0 saturated carbocycles. The Morgan fingerprint density at radius 2 is 2.05 bits per heavy atom. The monoisotopic (exact) mass is 391 g/mol. The number of anilines is 2. The van der Waals surface area contributed by atoms with E-state index in [-0.39, 0.29) is 0 Å². The Morgan fingerprint density at radius 3 is 2.74 bits per heavy atom. The van der Waals surface area contributed by atoms with Crippen LogP contribution >= 0.6 is 28.4 Å². The Hall–Kier alpha value is -0.200. The van der Waals surface area contributed by atoms with Gasteiger partial charge in [-0.15, -0.1) is 0 Å². The van der Waals surface area contributed by atoms with Crippen molar-refractivity contribution in [1.29, 1.82) is 0 Å². The summed E-state index contributed by atoms with van der Waals surface area (Å²) in [5, 5.41) is 2.23. The highest BCUT2D eigenvalue weighted by Gasteiger charge is 2.34. The predicted octanol–water partition coefficient (Wildman–Crippen LogP) is 3.14. The normalized spacial score (nSPS) is 24.5. The molecule has 0 radical (unpaired) electrons. The van der Waals surface area contributed by atoms with Crippen LogP contribution in [-0.4, -0.2) is 35.1 Å². The highest BCUT2D eigenvalue weighted by Crippen LogP contribution is 2.45. The number of piperidine rings is 1. The number of rotatable bonds is 2. The van der Waals surface area contributed by atoms with Crippen LogP contribution in [0.2, 0.25) is 0 Å². The fourth-order valence-electron chi connectivity index (χ4n) is 2.70. The van der Waals surface area contributed by atoms with Crippen LogP contribution < -0.4 is 9.68 Å². The average molecular weight is 391 g/mol. The zero-order valence-electron chi connectivity index (χ0n) is 11.3. The van der Waals surface area contributed by atoms with E-state index in [0.29, 0.717) is 12.4 Å². The van der Waals surface area contributed by atoms with Crippen molar-refractivity contribution in [2.24, 2.45) is 0 Å². The Morgan fingerprint density at radius 1 is 1.32 bits per heavy atom. The van der Waals surface area contributed by atoms with E-state index in [9.17, 15) is 0 Å². The molecule has 2 aliphatic heterocycles. The van der Waals surface area contributed by atoms with Gasteiger partial charge in [0.2, 0.25) is 0 Å². The molecular weight excluding hydrogens is 372 g/mol. The summed E-state index contributed by atoms with van der Waals surface area (Å²) in [6.45, 7) is 4.42. The van der Waals surface area contributed by atoms with Gasteiger partial charge in [-0.05, 0) is 48.2 Å². The standard InChI is InChI=1S/C12H19IN5P/c1-9-11-12(18(19-13)16(9)2)15-10(8-14-11)17-6-4-3-5-7-17/h8-9,19H,3-7H2,1-2H3. The molecule has 2 atom stereocenters. The molecule has 0 N–H and O–H groups in total. The molecule has 19 heavy (non-hydrogen) atoms. The second-order valence-electron chi connectivity index (χ2n) is 5.13. The molecule has 2 unspecified atom stereocenters. The first-order valence-electron chi connectivity index (χ1n) is 6.73. The van der Waals surface area contributed by atoms with Gasteiger partial charge in [0.25, 0.3) is 0 Å². The summed E-state index contributed by atoms with van der Waals surface area (Å²) in [6.07, 6.45) is 6.50. The highest BCUT2D eigenvalue weighted by atomic mass is 127. The second-order valence-corrected chi connectivity index (χ2v) is 7.17. The summed E-state index contributed by atoms with van der Waals surface area (Å²) in [5.74, 6) is 2.09. The number of hydrazine groups is 1. The van der Waals surface area contributed by atoms with Crippen molar-refractivity contribution in [1.82, 2.24) is 15.0 Å². The van der Waals surface area contributed by atoms with Gasteiger partial charge in [-0.3, -0.25) is 9.76 Å². The summed E-state index contributed by atoms with van der Waals surface area (Å²) < 4.78 is 2.24. The van der Waals surface area contributed by atoms with E-state index in [1.807, 2.05) is 6.20 Å². The van der Waals surface area contributed by atoms with E-state index >= 15 is 0 Å². The fourth-order valence-corrected chi connectivity index (χ4v) is 4.95. The van der Waals surface area contributed by atoms with E-state index in [4.69, 9.17) is 4.98 Å². The minimum Gasteiger partial charge on any atom is -0.355 e. The topological polar surface area (TPSA) is 35.5 Å². The third-order valence-corrected chi connectivity index (χ3v) is 6.06. The van der Waals surface area contributed by atoms with Gasteiger partial charge in [-0.25, -0.2) is 9.99 Å². The molecule has 104 valence electrons. The molecular formula is C12H19IN5P. The van der Waals surface area contributed by atoms with Gasteiger partial charge in [-0.1, -0.05) is 0 Å². The molecule has 0 aromatic carbocycles. The molecule has 1 fully saturated rings. The van der Waals surface area contributed by atoms with E-state index in [2.05, 4.69) is 55.7 Å². The molecule has 1 saturated heterocycles. The van der Waals surface area contributed by atoms with Crippen molar-refractivity contribution in [2.75, 3.05) is 29.8 Å². The number of hydrogen-bond donors (Lipinski definition) is 0. The van der Waals surface area contributed by atoms with Gasteiger partial charge < -0.3 is 4.90 Å². The molecule has 1 aromatic rings. The maximum atomic E-state index is 4.88. The van der Waals surface area contributed by atoms with E-state index in [1.165, 1.54) is 19.3 Å². The number of fused-ring (bicyclic) bond motifs is 1. The van der Waals surface area contributed by atoms with Crippen LogP contribution in [0.3, 0.4) is 0 Å². The fraction of sp³-hybridized carbons (Fsp3) is 0.667. The zero-order chi connectivity index (χ0) is 13.4. The Bertz CT molecular complexity index is 465. The molecule has 0 spiro atoms. The molecule has 7 heteroatoms. The lowest BCUT2D eigenvalue weighted by atomic mass is 10.1. The molecule has 2 aliphatic rings. The van der Waals surface area contributed by atoms with Crippen molar-refractivity contribution in [3.8, 4) is 0 Å². The van der Waals surface area contributed by atoms with Gasteiger partial charge in [0.1, 0.15) is 11.5 Å². The van der Waals surface area contributed by atoms with Crippen molar-refractivity contribution in [3.63, 3.8) is 0 Å². The smallest absolute Gasteiger partial charge is 0.172 e. The number of halogens is 1. The summed E-state index contributed by atoms with van der Waals surface area (Å²) in [7, 11) is 2.11. The van der Waals surface area contributed by atoms with Crippen LogP contribution in [-0.2, 0) is 0 Å². The lowest BCUT2D eigenvalue weighted by molar-refractivity contribution is 0.306. The third-order valence-electron chi connectivity index (χ3n) is 4.00. The average Bonchev–Trinajstić information content (AvgIpc) is 2.71. The van der Waals surface area contributed by atoms with Crippen LogP contribution in [0.1, 0.15) is 37.9 Å². The summed E-state index contributed by atoms with van der Waals surface area (Å²) in [5.41, 5.74) is 1.10. The van der Waals surface area contributed by atoms with Crippen LogP contribution in [0.25, 0.3) is 0 Å². The van der Waals surface area contributed by atoms with Crippen molar-refractivity contribution in [2.45, 2.75) is 32.2 Å². The predicted molar refractivity (Wildman–Crippen MR) is 89.1 cm³/mol. The lowest BCUT2D eigenvalue weighted by Crippen LogP contribution is -2.31. The van der Waals surface area contributed by atoms with Crippen LogP contribution in [0.5, 0.6) is 0 Å². The molecule has 3 heterocycles. The van der Waals surface area contributed by atoms with Gasteiger partial charge in [-0.2, -0.15) is 0 Å². The SMILES string of the molecule is CC1c2ncc(N3CCCCC3)nc2N(PI)N1C. The van der Waals surface area contributed by atoms with Gasteiger partial charge in [0, 0.05) is 20.1 Å². The van der Waals surface area contributed by atoms with Crippen LogP contribution in [0.4, 0.5) is 11.6 Å². The number of hydrogen-bond acceptors (Lipinski definition) is 5. The molecule has 0 bridgehead atoms. The maximum absolute atomic E-state index is 4.88. The van der Waals surface area contributed by atoms with E-state index < -0.39 is 0 Å². The zero-order valence-corrected chi connectivity index (χ0v) is 14.5. The molecule has 0 amide bonds. The quantitative estimate of drug-likeness (QED) is 0.572. The van der Waals surface area contributed by atoms with Gasteiger partial charge in [0.05, 0.1) is 18.6 Å². The third kappa shape index (κ3) is 2.43. The van der Waals surface area contributed by atoms with Crippen LogP contribution in [0, 0.1) is 0 Å². The van der Waals surface area contributed by atoms with Crippen LogP contribution in [0.15, 0.2) is 6.20 Å². The Kier molecular flexibility index (Phi) is 4.10. The lowest BCUT2D eigenvalue weighted by Gasteiger charge is -2.28. The number of nitrogens with zero attached hydrogens (tertiary/aromatic N) is 5. The van der Waals surface area contributed by atoms with Crippen molar-refractivity contribution >= 4 is 40.1 Å². The molecule has 0 aliphatic carbocycles. The summed E-state index contributed by atoms with van der Waals surface area (Å²) in [6, 6.07) is 0.320. The maximum Gasteiger partial charge on any atom is 0.172 e. The first kappa shape index (κ1) is 13.8. The molecule has 1 aromatic heterocycles. The van der Waals surface area contributed by atoms with Crippen molar-refractivity contribution < 1.29 is 0 Å². The van der Waals surface area contributed by atoms with Gasteiger partial charge >= 0.3 is 0 Å². The van der Waals surface area contributed by atoms with E-state index in [0.717, 1.165) is 30.4 Å².